The number of likely N-dealkylation sites (tertiary alicyclic amines) is 1. The van der Waals surface area contributed by atoms with Crippen LogP contribution in [0.2, 0.25) is 0 Å². The number of carbonyl (C=O) groups excluding carboxylic acids is 1. The zero-order valence-corrected chi connectivity index (χ0v) is 16.4. The summed E-state index contributed by atoms with van der Waals surface area (Å²) in [6.45, 7) is 6.51. The molecule has 0 atom stereocenters. The summed E-state index contributed by atoms with van der Waals surface area (Å²) in [5.41, 5.74) is 3.00. The van der Waals surface area contributed by atoms with Gasteiger partial charge in [-0.05, 0) is 24.0 Å². The molecule has 0 bridgehead atoms. The standard InChI is InChI=1S/C18H26N2O2.C2HF3O2/c1-2-17(22)20-9-7-18(8-10-20)14-19(11-12-21)13-15-5-3-4-6-16(15)18;3-2(4,5)1(6)7/h3-6,21H,2,7-14H2,1H3;(H,6,7). The number of carboxylic acids is 1. The van der Waals surface area contributed by atoms with Crippen molar-refractivity contribution in [1.29, 1.82) is 0 Å². The molecule has 0 saturated carbocycles. The van der Waals surface area contributed by atoms with Gasteiger partial charge in [0, 0.05) is 44.6 Å². The molecule has 2 aliphatic rings. The minimum Gasteiger partial charge on any atom is -0.475 e. The third-order valence-corrected chi connectivity index (χ3v) is 5.54. The maximum Gasteiger partial charge on any atom is 0.490 e. The lowest BCUT2D eigenvalue weighted by molar-refractivity contribution is -0.192. The van der Waals surface area contributed by atoms with E-state index in [0.717, 1.165) is 45.6 Å². The summed E-state index contributed by atoms with van der Waals surface area (Å²) in [4.78, 5) is 25.2. The van der Waals surface area contributed by atoms with Crippen LogP contribution in [0.4, 0.5) is 13.2 Å². The van der Waals surface area contributed by atoms with Gasteiger partial charge < -0.3 is 15.1 Å². The van der Waals surface area contributed by atoms with E-state index in [9.17, 15) is 23.1 Å². The maximum atomic E-state index is 11.9. The van der Waals surface area contributed by atoms with Crippen LogP contribution in [0.15, 0.2) is 24.3 Å². The molecule has 0 radical (unpaired) electrons. The van der Waals surface area contributed by atoms with Gasteiger partial charge >= 0.3 is 12.1 Å². The van der Waals surface area contributed by atoms with Crippen LogP contribution < -0.4 is 0 Å². The van der Waals surface area contributed by atoms with Crippen LogP contribution in [0, 0.1) is 0 Å². The third-order valence-electron chi connectivity index (χ3n) is 5.54. The average molecular weight is 416 g/mol. The first-order valence-electron chi connectivity index (χ1n) is 9.62. The Bertz CT molecular complexity index is 716. The molecule has 9 heteroatoms. The lowest BCUT2D eigenvalue weighted by Gasteiger charge is -2.48. The molecule has 1 fully saturated rings. The first-order chi connectivity index (χ1) is 13.6. The van der Waals surface area contributed by atoms with Gasteiger partial charge in [0.25, 0.3) is 0 Å². The summed E-state index contributed by atoms with van der Waals surface area (Å²) < 4.78 is 31.7. The summed E-state index contributed by atoms with van der Waals surface area (Å²) >= 11 is 0. The van der Waals surface area contributed by atoms with Crippen LogP contribution >= 0.6 is 0 Å². The van der Waals surface area contributed by atoms with Crippen LogP contribution in [0.3, 0.4) is 0 Å². The summed E-state index contributed by atoms with van der Waals surface area (Å²) in [7, 11) is 0. The van der Waals surface area contributed by atoms with Gasteiger partial charge in [-0.3, -0.25) is 9.69 Å². The molecular formula is C20H27F3N2O4. The number of halogens is 3. The van der Waals surface area contributed by atoms with E-state index in [4.69, 9.17) is 9.90 Å². The number of aliphatic hydroxyl groups excluding tert-OH is 1. The van der Waals surface area contributed by atoms with Crippen molar-refractivity contribution in [1.82, 2.24) is 9.80 Å². The van der Waals surface area contributed by atoms with Crippen LogP contribution in [-0.2, 0) is 21.5 Å². The molecule has 0 unspecified atom stereocenters. The van der Waals surface area contributed by atoms with Gasteiger partial charge in [0.15, 0.2) is 0 Å². The number of nitrogens with zero attached hydrogens (tertiary/aromatic N) is 2. The van der Waals surface area contributed by atoms with Gasteiger partial charge in [-0.1, -0.05) is 31.2 Å². The van der Waals surface area contributed by atoms with Crippen molar-refractivity contribution in [3.8, 4) is 0 Å². The van der Waals surface area contributed by atoms with Gasteiger partial charge in [-0.15, -0.1) is 0 Å². The van der Waals surface area contributed by atoms with Crippen LogP contribution in [0.5, 0.6) is 0 Å². The zero-order valence-electron chi connectivity index (χ0n) is 16.4. The molecule has 1 spiro atoms. The van der Waals surface area contributed by atoms with Crippen LogP contribution in [0.1, 0.15) is 37.3 Å². The van der Waals surface area contributed by atoms with Crippen molar-refractivity contribution >= 4 is 11.9 Å². The molecule has 1 amide bonds. The lowest BCUT2D eigenvalue weighted by Crippen LogP contribution is -2.53. The number of aliphatic carboxylic acids is 1. The Morgan fingerprint density at radius 3 is 2.28 bits per heavy atom. The monoisotopic (exact) mass is 416 g/mol. The Morgan fingerprint density at radius 1 is 1.17 bits per heavy atom. The van der Waals surface area contributed by atoms with E-state index in [-0.39, 0.29) is 17.9 Å². The Morgan fingerprint density at radius 2 is 1.76 bits per heavy atom. The van der Waals surface area contributed by atoms with Crippen LogP contribution in [0.25, 0.3) is 0 Å². The summed E-state index contributed by atoms with van der Waals surface area (Å²) in [5, 5.41) is 16.4. The molecule has 1 saturated heterocycles. The predicted molar refractivity (Wildman–Crippen MR) is 100 cm³/mol. The van der Waals surface area contributed by atoms with Crippen LogP contribution in [-0.4, -0.2) is 70.9 Å². The molecule has 2 aliphatic heterocycles. The molecule has 0 aromatic heterocycles. The number of benzene rings is 1. The number of piperidine rings is 1. The highest BCUT2D eigenvalue weighted by Crippen LogP contribution is 2.41. The van der Waals surface area contributed by atoms with E-state index < -0.39 is 12.1 Å². The smallest absolute Gasteiger partial charge is 0.475 e. The first kappa shape index (κ1) is 23.2. The molecule has 1 aromatic carbocycles. The quantitative estimate of drug-likeness (QED) is 0.791. The predicted octanol–water partition coefficient (Wildman–Crippen LogP) is 2.40. The molecule has 1 aromatic rings. The Hall–Kier alpha value is -2.13. The molecule has 29 heavy (non-hydrogen) atoms. The van der Waals surface area contributed by atoms with Crippen molar-refractivity contribution in [2.45, 2.75) is 44.3 Å². The highest BCUT2D eigenvalue weighted by molar-refractivity contribution is 5.76. The molecular weight excluding hydrogens is 389 g/mol. The average Bonchev–Trinajstić information content (AvgIpc) is 2.68. The minimum absolute atomic E-state index is 0.147. The first-order valence-corrected chi connectivity index (χ1v) is 9.62. The molecule has 2 heterocycles. The number of alkyl halides is 3. The summed E-state index contributed by atoms with van der Waals surface area (Å²) in [6, 6.07) is 8.71. The van der Waals surface area contributed by atoms with Crippen molar-refractivity contribution in [3.05, 3.63) is 35.4 Å². The SMILES string of the molecule is CCC(=O)N1CCC2(CC1)CN(CCO)Cc1ccccc12.O=C(O)C(F)(F)F. The normalized spacial score (nSPS) is 18.6. The van der Waals surface area contributed by atoms with Crippen molar-refractivity contribution < 1.29 is 33.0 Å². The number of rotatable bonds is 3. The zero-order chi connectivity index (χ0) is 21.7. The van der Waals surface area contributed by atoms with Crippen molar-refractivity contribution in [3.63, 3.8) is 0 Å². The number of β-amino-alcohol motifs (C(OH)–C–C–N with tert-alkyl or cyclic N) is 1. The number of aliphatic hydroxyl groups is 1. The Labute approximate surface area is 167 Å². The van der Waals surface area contributed by atoms with Gasteiger partial charge in [0.2, 0.25) is 5.91 Å². The fourth-order valence-electron chi connectivity index (χ4n) is 4.12. The van der Waals surface area contributed by atoms with E-state index in [2.05, 4.69) is 29.2 Å². The summed E-state index contributed by atoms with van der Waals surface area (Å²) in [5.74, 6) is -2.49. The summed E-state index contributed by atoms with van der Waals surface area (Å²) in [6.07, 6.45) is -2.43. The van der Waals surface area contributed by atoms with Gasteiger partial charge in [0.1, 0.15) is 0 Å². The number of hydrogen-bond donors (Lipinski definition) is 2. The Kier molecular flexibility index (Phi) is 7.65. The van der Waals surface area contributed by atoms with E-state index in [1.54, 1.807) is 0 Å². The van der Waals surface area contributed by atoms with Gasteiger partial charge in [-0.2, -0.15) is 13.2 Å². The minimum atomic E-state index is -5.08. The topological polar surface area (TPSA) is 81.1 Å². The second kappa shape index (κ2) is 9.58. The van der Waals surface area contributed by atoms with E-state index in [0.29, 0.717) is 6.42 Å². The maximum absolute atomic E-state index is 11.9. The lowest BCUT2D eigenvalue weighted by atomic mass is 9.69. The molecule has 162 valence electrons. The third kappa shape index (κ3) is 5.70. The highest BCUT2D eigenvalue weighted by atomic mass is 19.4. The second-order valence-corrected chi connectivity index (χ2v) is 7.41. The van der Waals surface area contributed by atoms with Crippen molar-refractivity contribution in [2.24, 2.45) is 0 Å². The number of amides is 1. The fourth-order valence-corrected chi connectivity index (χ4v) is 4.12. The van der Waals surface area contributed by atoms with E-state index >= 15 is 0 Å². The largest absolute Gasteiger partial charge is 0.490 e. The molecule has 3 rings (SSSR count). The Balaban J connectivity index is 0.000000370. The van der Waals surface area contributed by atoms with E-state index in [1.165, 1.54) is 11.1 Å². The van der Waals surface area contributed by atoms with Gasteiger partial charge in [0.05, 0.1) is 6.61 Å². The number of fused-ring (bicyclic) bond motifs is 2. The number of carboxylic acid groups (broad SMARTS) is 1. The number of carbonyl (C=O) groups is 2. The van der Waals surface area contributed by atoms with Gasteiger partial charge in [-0.25, -0.2) is 4.79 Å². The fraction of sp³-hybridized carbons (Fsp3) is 0.600. The highest BCUT2D eigenvalue weighted by Gasteiger charge is 2.42. The molecule has 0 aliphatic carbocycles. The molecule has 2 N–H and O–H groups in total. The van der Waals surface area contributed by atoms with Crippen molar-refractivity contribution in [2.75, 3.05) is 32.8 Å². The number of hydrogen-bond acceptors (Lipinski definition) is 4. The van der Waals surface area contributed by atoms with E-state index in [1.807, 2.05) is 11.8 Å². The second-order valence-electron chi connectivity index (χ2n) is 7.41. The molecule has 6 nitrogen and oxygen atoms in total.